The Labute approximate surface area is 88.8 Å². The molecule has 2 N–H and O–H groups in total. The van der Waals surface area contributed by atoms with E-state index in [0.29, 0.717) is 0 Å². The summed E-state index contributed by atoms with van der Waals surface area (Å²) in [6, 6.07) is 0.820. The van der Waals surface area contributed by atoms with Gasteiger partial charge in [0.15, 0.2) is 0 Å². The Hall–Kier alpha value is -0.0800. The molecule has 2 heteroatoms. The molecule has 1 aliphatic carbocycles. The fraction of sp³-hybridized carbons (Fsp3) is 1.00. The maximum absolute atomic E-state index is 3.61. The topological polar surface area (TPSA) is 24.1 Å². The molecular formula is C12H26N2. The largest absolute Gasteiger partial charge is 0.315 e. The van der Waals surface area contributed by atoms with Crippen LogP contribution in [-0.4, -0.2) is 25.7 Å². The highest BCUT2D eigenvalue weighted by Gasteiger charge is 2.12. The minimum atomic E-state index is 0.820. The van der Waals surface area contributed by atoms with E-state index in [1.54, 1.807) is 0 Å². The van der Waals surface area contributed by atoms with Crippen molar-refractivity contribution >= 4 is 0 Å². The van der Waals surface area contributed by atoms with E-state index >= 15 is 0 Å². The molecule has 0 spiro atoms. The quantitative estimate of drug-likeness (QED) is 0.613. The van der Waals surface area contributed by atoms with Gasteiger partial charge < -0.3 is 10.6 Å². The minimum Gasteiger partial charge on any atom is -0.315 e. The van der Waals surface area contributed by atoms with E-state index < -0.39 is 0 Å². The summed E-state index contributed by atoms with van der Waals surface area (Å²) in [4.78, 5) is 0. The maximum Gasteiger partial charge on any atom is 0.00793 e. The van der Waals surface area contributed by atoms with Gasteiger partial charge in [0.2, 0.25) is 0 Å². The van der Waals surface area contributed by atoms with E-state index in [-0.39, 0.29) is 0 Å². The van der Waals surface area contributed by atoms with Crippen LogP contribution in [0.5, 0.6) is 0 Å². The van der Waals surface area contributed by atoms with Gasteiger partial charge in [0.25, 0.3) is 0 Å². The average Bonchev–Trinajstić information content (AvgIpc) is 2.69. The smallest absolute Gasteiger partial charge is 0.00793 e. The number of hydrogen-bond acceptors (Lipinski definition) is 2. The molecule has 1 fully saturated rings. The SMILES string of the molecule is CCC(C)CNCCNC1CCCC1. The standard InChI is InChI=1S/C12H26N2/c1-3-11(2)10-13-8-9-14-12-6-4-5-7-12/h11-14H,3-10H2,1-2H3. The lowest BCUT2D eigenvalue weighted by Crippen LogP contribution is -2.34. The summed E-state index contributed by atoms with van der Waals surface area (Å²) in [7, 11) is 0. The molecular weight excluding hydrogens is 172 g/mol. The summed E-state index contributed by atoms with van der Waals surface area (Å²) >= 11 is 0. The predicted octanol–water partition coefficient (Wildman–Crippen LogP) is 2.15. The minimum absolute atomic E-state index is 0.820. The van der Waals surface area contributed by atoms with Crippen molar-refractivity contribution in [3.63, 3.8) is 0 Å². The Balaban J connectivity index is 1.84. The summed E-state index contributed by atoms with van der Waals surface area (Å²) in [5.74, 6) is 0.821. The molecule has 0 radical (unpaired) electrons. The molecule has 1 aliphatic rings. The molecule has 1 saturated carbocycles. The van der Waals surface area contributed by atoms with Crippen LogP contribution in [0.1, 0.15) is 46.0 Å². The first-order valence-electron chi connectivity index (χ1n) is 6.27. The van der Waals surface area contributed by atoms with E-state index in [4.69, 9.17) is 0 Å². The summed E-state index contributed by atoms with van der Waals surface area (Å²) in [6.45, 7) is 7.99. The Morgan fingerprint density at radius 1 is 1.21 bits per heavy atom. The summed E-state index contributed by atoms with van der Waals surface area (Å²) in [6.07, 6.45) is 6.93. The Morgan fingerprint density at radius 3 is 2.57 bits per heavy atom. The Bertz CT molecular complexity index is 130. The molecule has 0 aliphatic heterocycles. The van der Waals surface area contributed by atoms with Crippen LogP contribution >= 0.6 is 0 Å². The fourth-order valence-electron chi connectivity index (χ4n) is 1.99. The number of rotatable bonds is 7. The second kappa shape index (κ2) is 7.24. The molecule has 0 saturated heterocycles. The van der Waals surface area contributed by atoms with Crippen molar-refractivity contribution in [1.82, 2.24) is 10.6 Å². The van der Waals surface area contributed by atoms with E-state index in [0.717, 1.165) is 25.0 Å². The second-order valence-electron chi connectivity index (χ2n) is 4.65. The van der Waals surface area contributed by atoms with Crippen molar-refractivity contribution in [3.05, 3.63) is 0 Å². The van der Waals surface area contributed by atoms with Crippen LogP contribution in [0.15, 0.2) is 0 Å². The highest BCUT2D eigenvalue weighted by Crippen LogP contribution is 2.16. The van der Waals surface area contributed by atoms with E-state index in [9.17, 15) is 0 Å². The molecule has 84 valence electrons. The van der Waals surface area contributed by atoms with E-state index in [2.05, 4.69) is 24.5 Å². The van der Waals surface area contributed by atoms with Gasteiger partial charge in [-0.15, -0.1) is 0 Å². The molecule has 0 aromatic heterocycles. The average molecular weight is 198 g/mol. The van der Waals surface area contributed by atoms with Crippen LogP contribution in [0.3, 0.4) is 0 Å². The van der Waals surface area contributed by atoms with Crippen LogP contribution in [0.4, 0.5) is 0 Å². The fourth-order valence-corrected chi connectivity index (χ4v) is 1.99. The maximum atomic E-state index is 3.61. The van der Waals surface area contributed by atoms with Crippen LogP contribution in [0.25, 0.3) is 0 Å². The molecule has 0 heterocycles. The third-order valence-corrected chi connectivity index (χ3v) is 3.28. The normalized spacial score (nSPS) is 20.1. The third-order valence-electron chi connectivity index (χ3n) is 3.28. The number of hydrogen-bond donors (Lipinski definition) is 2. The van der Waals surface area contributed by atoms with Crippen molar-refractivity contribution in [2.45, 2.75) is 52.0 Å². The summed E-state index contributed by atoms with van der Waals surface area (Å²) in [5, 5.41) is 7.11. The van der Waals surface area contributed by atoms with Crippen molar-refractivity contribution in [1.29, 1.82) is 0 Å². The molecule has 1 unspecified atom stereocenters. The second-order valence-corrected chi connectivity index (χ2v) is 4.65. The van der Waals surface area contributed by atoms with Crippen molar-refractivity contribution in [2.24, 2.45) is 5.92 Å². The molecule has 0 bridgehead atoms. The van der Waals surface area contributed by atoms with Gasteiger partial charge in [0, 0.05) is 19.1 Å². The van der Waals surface area contributed by atoms with Gasteiger partial charge in [-0.25, -0.2) is 0 Å². The van der Waals surface area contributed by atoms with Gasteiger partial charge in [-0.3, -0.25) is 0 Å². The van der Waals surface area contributed by atoms with Crippen LogP contribution in [0, 0.1) is 5.92 Å². The van der Waals surface area contributed by atoms with Gasteiger partial charge in [0.05, 0.1) is 0 Å². The molecule has 14 heavy (non-hydrogen) atoms. The van der Waals surface area contributed by atoms with Crippen LogP contribution in [-0.2, 0) is 0 Å². The van der Waals surface area contributed by atoms with Gasteiger partial charge >= 0.3 is 0 Å². The van der Waals surface area contributed by atoms with Gasteiger partial charge in [-0.05, 0) is 25.3 Å². The van der Waals surface area contributed by atoms with Gasteiger partial charge in [0.1, 0.15) is 0 Å². The summed E-state index contributed by atoms with van der Waals surface area (Å²) in [5.41, 5.74) is 0. The van der Waals surface area contributed by atoms with Gasteiger partial charge in [-0.1, -0.05) is 33.1 Å². The van der Waals surface area contributed by atoms with Gasteiger partial charge in [-0.2, -0.15) is 0 Å². The first-order valence-corrected chi connectivity index (χ1v) is 6.27. The third kappa shape index (κ3) is 4.97. The first-order chi connectivity index (χ1) is 6.83. The highest BCUT2D eigenvalue weighted by molar-refractivity contribution is 4.73. The molecule has 1 atom stereocenters. The molecule has 1 rings (SSSR count). The zero-order chi connectivity index (χ0) is 10.2. The zero-order valence-electron chi connectivity index (χ0n) is 9.81. The molecule has 0 amide bonds. The van der Waals surface area contributed by atoms with Crippen molar-refractivity contribution in [2.75, 3.05) is 19.6 Å². The lowest BCUT2D eigenvalue weighted by molar-refractivity contribution is 0.470. The predicted molar refractivity (Wildman–Crippen MR) is 62.6 cm³/mol. The lowest BCUT2D eigenvalue weighted by Gasteiger charge is -2.13. The molecule has 0 aromatic carbocycles. The highest BCUT2D eigenvalue weighted by atomic mass is 15.0. The first kappa shape index (κ1) is 12.0. The number of nitrogens with one attached hydrogen (secondary N) is 2. The van der Waals surface area contributed by atoms with Crippen LogP contribution < -0.4 is 10.6 Å². The van der Waals surface area contributed by atoms with E-state index in [1.807, 2.05) is 0 Å². The van der Waals surface area contributed by atoms with Crippen molar-refractivity contribution < 1.29 is 0 Å². The van der Waals surface area contributed by atoms with E-state index in [1.165, 1.54) is 38.6 Å². The molecule has 2 nitrogen and oxygen atoms in total. The Kier molecular flexibility index (Phi) is 6.20. The lowest BCUT2D eigenvalue weighted by atomic mass is 10.1. The monoisotopic (exact) mass is 198 g/mol. The zero-order valence-corrected chi connectivity index (χ0v) is 9.81. The summed E-state index contributed by atoms with van der Waals surface area (Å²) < 4.78 is 0. The molecule has 0 aromatic rings. The van der Waals surface area contributed by atoms with Crippen LogP contribution in [0.2, 0.25) is 0 Å². The Morgan fingerprint density at radius 2 is 1.93 bits per heavy atom. The van der Waals surface area contributed by atoms with Crippen molar-refractivity contribution in [3.8, 4) is 0 Å².